The lowest BCUT2D eigenvalue weighted by Crippen LogP contribution is -2.37. The third kappa shape index (κ3) is 2.47. The van der Waals surface area contributed by atoms with Gasteiger partial charge in [0.25, 0.3) is 5.91 Å². The smallest absolute Gasteiger partial charge is 0.305 e. The van der Waals surface area contributed by atoms with Gasteiger partial charge in [0.15, 0.2) is 5.82 Å². The van der Waals surface area contributed by atoms with E-state index in [-0.39, 0.29) is 17.8 Å². The van der Waals surface area contributed by atoms with Gasteiger partial charge in [-0.15, -0.1) is 10.2 Å². The summed E-state index contributed by atoms with van der Waals surface area (Å²) in [6.45, 7) is 0. The topological polar surface area (TPSA) is 97.1 Å². The van der Waals surface area contributed by atoms with Crippen LogP contribution >= 0.6 is 11.8 Å². The van der Waals surface area contributed by atoms with Gasteiger partial charge < -0.3 is 5.11 Å². The average Bonchev–Trinajstić information content (AvgIpc) is 2.82. The quantitative estimate of drug-likeness (QED) is 0.881. The van der Waals surface area contributed by atoms with E-state index in [1.54, 1.807) is 12.1 Å². The number of rotatable bonds is 3. The van der Waals surface area contributed by atoms with Gasteiger partial charge in [-0.1, -0.05) is 23.9 Å². The number of carboxylic acids is 1. The first kappa shape index (κ1) is 13.6. The molecule has 7 nitrogen and oxygen atoms in total. The number of nitrogens with one attached hydrogen (secondary N) is 1. The molecule has 9 heteroatoms. The second kappa shape index (κ2) is 5.17. The monoisotopic (exact) mass is 308 g/mol. The Morgan fingerprint density at radius 3 is 2.90 bits per heavy atom. The van der Waals surface area contributed by atoms with E-state index < -0.39 is 22.9 Å². The van der Waals surface area contributed by atoms with E-state index in [4.69, 9.17) is 5.11 Å². The molecule has 1 aliphatic heterocycles. The standard InChI is InChI=1S/C12H9FN4O3S/c13-7-4-2-1-3-6(7)10-14-15-12-17(10)16-11(20)8(21-12)5-9(18)19/h1-4,8H,5H2,(H,16,20)(H,18,19). The molecule has 1 aliphatic rings. The molecule has 2 aromatic rings. The van der Waals surface area contributed by atoms with Crippen LogP contribution in [0, 0.1) is 5.82 Å². The van der Waals surface area contributed by atoms with E-state index in [1.807, 2.05) is 0 Å². The van der Waals surface area contributed by atoms with Crippen molar-refractivity contribution in [2.24, 2.45) is 0 Å². The molecule has 1 amide bonds. The van der Waals surface area contributed by atoms with Crippen LogP contribution in [0.5, 0.6) is 0 Å². The van der Waals surface area contributed by atoms with Crippen LogP contribution in [0.4, 0.5) is 4.39 Å². The highest BCUT2D eigenvalue weighted by Crippen LogP contribution is 2.31. The number of nitrogens with zero attached hydrogens (tertiary/aromatic N) is 3. The molecule has 2 heterocycles. The first-order chi connectivity index (χ1) is 10.1. The number of hydrogen-bond acceptors (Lipinski definition) is 5. The van der Waals surface area contributed by atoms with Gasteiger partial charge >= 0.3 is 5.97 Å². The number of fused-ring (bicyclic) bond motifs is 1. The summed E-state index contributed by atoms with van der Waals surface area (Å²) >= 11 is 0.989. The van der Waals surface area contributed by atoms with Crippen molar-refractivity contribution in [3.8, 4) is 11.4 Å². The lowest BCUT2D eigenvalue weighted by Gasteiger charge is -2.21. The summed E-state index contributed by atoms with van der Waals surface area (Å²) in [6.07, 6.45) is -0.321. The van der Waals surface area contributed by atoms with Crippen molar-refractivity contribution in [2.75, 3.05) is 5.43 Å². The molecule has 0 aliphatic carbocycles. The van der Waals surface area contributed by atoms with E-state index in [2.05, 4.69) is 15.6 Å². The molecule has 1 aromatic heterocycles. The highest BCUT2D eigenvalue weighted by molar-refractivity contribution is 8.00. The van der Waals surface area contributed by atoms with Crippen LogP contribution in [0.3, 0.4) is 0 Å². The maximum Gasteiger partial charge on any atom is 0.305 e. The van der Waals surface area contributed by atoms with Crippen molar-refractivity contribution < 1.29 is 19.1 Å². The van der Waals surface area contributed by atoms with Crippen LogP contribution in [-0.4, -0.2) is 37.1 Å². The summed E-state index contributed by atoms with van der Waals surface area (Å²) in [4.78, 5) is 22.6. The second-order valence-corrected chi connectivity index (χ2v) is 5.47. The predicted molar refractivity (Wildman–Crippen MR) is 71.7 cm³/mol. The number of hydrogen-bond donors (Lipinski definition) is 2. The summed E-state index contributed by atoms with van der Waals surface area (Å²) in [5.41, 5.74) is 2.69. The largest absolute Gasteiger partial charge is 0.481 e. The Bertz CT molecular complexity index is 733. The molecule has 0 radical (unpaired) electrons. The summed E-state index contributed by atoms with van der Waals surface area (Å²) in [5.74, 6) is -1.88. The third-order valence-corrected chi connectivity index (χ3v) is 4.01. The van der Waals surface area contributed by atoms with Gasteiger partial charge in [0, 0.05) is 0 Å². The van der Waals surface area contributed by atoms with E-state index in [0.717, 1.165) is 11.8 Å². The second-order valence-electron chi connectivity index (χ2n) is 4.30. The van der Waals surface area contributed by atoms with Gasteiger partial charge in [-0.25, -0.2) is 9.07 Å². The minimum absolute atomic E-state index is 0.165. The van der Waals surface area contributed by atoms with Crippen molar-refractivity contribution >= 4 is 23.6 Å². The van der Waals surface area contributed by atoms with Gasteiger partial charge in [-0.05, 0) is 12.1 Å². The number of aromatic nitrogens is 3. The zero-order chi connectivity index (χ0) is 15.0. The average molecular weight is 308 g/mol. The number of halogens is 1. The van der Waals surface area contributed by atoms with Crippen molar-refractivity contribution in [3.63, 3.8) is 0 Å². The zero-order valence-electron chi connectivity index (χ0n) is 10.5. The SMILES string of the molecule is O=C(O)CC1Sc2nnc(-c3ccccc3F)n2NC1=O. The third-order valence-electron chi connectivity index (χ3n) is 2.87. The molecule has 0 saturated heterocycles. The van der Waals surface area contributed by atoms with Crippen LogP contribution in [0.25, 0.3) is 11.4 Å². The van der Waals surface area contributed by atoms with Crippen molar-refractivity contribution in [3.05, 3.63) is 30.1 Å². The molecule has 3 rings (SSSR count). The summed E-state index contributed by atoms with van der Waals surface area (Å²) in [7, 11) is 0. The van der Waals surface area contributed by atoms with Crippen LogP contribution in [0.1, 0.15) is 6.42 Å². The Hall–Kier alpha value is -2.42. The van der Waals surface area contributed by atoms with Crippen molar-refractivity contribution in [1.82, 2.24) is 14.9 Å². The summed E-state index contributed by atoms with van der Waals surface area (Å²) in [5, 5.41) is 16.0. The Kier molecular flexibility index (Phi) is 3.34. The molecule has 1 atom stereocenters. The Morgan fingerprint density at radius 2 is 2.19 bits per heavy atom. The van der Waals surface area contributed by atoms with Gasteiger partial charge in [0.05, 0.1) is 12.0 Å². The van der Waals surface area contributed by atoms with Crippen LogP contribution in [-0.2, 0) is 9.59 Å². The number of carbonyl (C=O) groups is 2. The molecule has 21 heavy (non-hydrogen) atoms. The lowest BCUT2D eigenvalue weighted by molar-refractivity contribution is -0.138. The van der Waals surface area contributed by atoms with E-state index in [0.29, 0.717) is 5.16 Å². The molecule has 0 saturated carbocycles. The van der Waals surface area contributed by atoms with Crippen LogP contribution < -0.4 is 5.43 Å². The maximum absolute atomic E-state index is 13.8. The highest BCUT2D eigenvalue weighted by Gasteiger charge is 2.32. The fourth-order valence-corrected chi connectivity index (χ4v) is 2.89. The number of aliphatic carboxylic acids is 1. The first-order valence-corrected chi connectivity index (χ1v) is 6.84. The Labute approximate surface area is 122 Å². The lowest BCUT2D eigenvalue weighted by atomic mass is 10.2. The normalized spacial score (nSPS) is 17.2. The minimum Gasteiger partial charge on any atom is -0.481 e. The number of carboxylic acid groups (broad SMARTS) is 1. The number of amides is 1. The molecular formula is C12H9FN4O3S. The maximum atomic E-state index is 13.8. The van der Waals surface area contributed by atoms with Gasteiger partial charge in [0.2, 0.25) is 5.16 Å². The van der Waals surface area contributed by atoms with Crippen LogP contribution in [0.2, 0.25) is 0 Å². The summed E-state index contributed by atoms with van der Waals surface area (Å²) in [6, 6.07) is 5.99. The zero-order valence-corrected chi connectivity index (χ0v) is 11.3. The van der Waals surface area contributed by atoms with Crippen molar-refractivity contribution in [1.29, 1.82) is 0 Å². The minimum atomic E-state index is -1.08. The molecule has 1 aromatic carbocycles. The molecule has 2 N–H and O–H groups in total. The number of carbonyl (C=O) groups excluding carboxylic acids is 1. The van der Waals surface area contributed by atoms with Crippen molar-refractivity contribution in [2.45, 2.75) is 16.8 Å². The van der Waals surface area contributed by atoms with E-state index in [1.165, 1.54) is 16.8 Å². The molecule has 0 fully saturated rings. The summed E-state index contributed by atoms with van der Waals surface area (Å²) < 4.78 is 15.1. The van der Waals surface area contributed by atoms with E-state index in [9.17, 15) is 14.0 Å². The number of thioether (sulfide) groups is 1. The van der Waals surface area contributed by atoms with Crippen LogP contribution in [0.15, 0.2) is 29.4 Å². The number of benzene rings is 1. The predicted octanol–water partition coefficient (Wildman–Crippen LogP) is 1.10. The first-order valence-electron chi connectivity index (χ1n) is 5.96. The fraction of sp³-hybridized carbons (Fsp3) is 0.167. The van der Waals surface area contributed by atoms with E-state index >= 15 is 0 Å². The van der Waals surface area contributed by atoms with Gasteiger partial charge in [-0.2, -0.15) is 0 Å². The Morgan fingerprint density at radius 1 is 1.43 bits per heavy atom. The molecule has 1 unspecified atom stereocenters. The van der Waals surface area contributed by atoms with Gasteiger partial charge in [0.1, 0.15) is 11.1 Å². The fourth-order valence-electron chi connectivity index (χ4n) is 1.92. The van der Waals surface area contributed by atoms with Gasteiger partial charge in [-0.3, -0.25) is 15.0 Å². The molecule has 108 valence electrons. The molecule has 0 bridgehead atoms. The highest BCUT2D eigenvalue weighted by atomic mass is 32.2. The Balaban J connectivity index is 1.97. The molecular weight excluding hydrogens is 299 g/mol. The molecule has 0 spiro atoms.